The van der Waals surface area contributed by atoms with Crippen molar-refractivity contribution >= 4 is 29.9 Å². The zero-order valence-electron chi connectivity index (χ0n) is 14.2. The minimum absolute atomic E-state index is 0. The molecule has 0 saturated heterocycles. The number of aryl methyl sites for hydroxylation is 1. The Bertz CT molecular complexity index is 640. The lowest BCUT2D eigenvalue weighted by Crippen LogP contribution is -2.39. The van der Waals surface area contributed by atoms with Crippen LogP contribution in [0.25, 0.3) is 0 Å². The monoisotopic (exact) mass is 446 g/mol. The fraction of sp³-hybridized carbons (Fsp3) is 0.438. The average molecular weight is 446 g/mol. The number of guanidine groups is 1. The molecule has 2 rings (SSSR count). The summed E-state index contributed by atoms with van der Waals surface area (Å²) in [7, 11) is 3.70. The van der Waals surface area contributed by atoms with E-state index in [4.69, 9.17) is 0 Å². The fourth-order valence-electron chi connectivity index (χ4n) is 2.35. The zero-order valence-corrected chi connectivity index (χ0v) is 16.6. The van der Waals surface area contributed by atoms with Crippen LogP contribution in [0.3, 0.4) is 0 Å². The van der Waals surface area contributed by atoms with Crippen LogP contribution < -0.4 is 5.32 Å². The highest BCUT2D eigenvalue weighted by molar-refractivity contribution is 14.0. The molecule has 1 aromatic heterocycles. The van der Waals surface area contributed by atoms with Gasteiger partial charge in [0, 0.05) is 40.2 Å². The van der Waals surface area contributed by atoms with Crippen LogP contribution in [0.15, 0.2) is 35.6 Å². The van der Waals surface area contributed by atoms with Gasteiger partial charge in [-0.15, -0.1) is 34.2 Å². The lowest BCUT2D eigenvalue weighted by atomic mass is 10.2. The van der Waals surface area contributed by atoms with Crippen LogP contribution in [0, 0.1) is 5.82 Å². The highest BCUT2D eigenvalue weighted by Crippen LogP contribution is 2.05. The second kappa shape index (κ2) is 10.2. The quantitative estimate of drug-likeness (QED) is 0.421. The summed E-state index contributed by atoms with van der Waals surface area (Å²) >= 11 is 0. The molecule has 6 nitrogen and oxygen atoms in total. The Balaban J connectivity index is 0.00000288. The van der Waals surface area contributed by atoms with Crippen LogP contribution in [-0.4, -0.2) is 46.3 Å². The van der Waals surface area contributed by atoms with E-state index in [-0.39, 0.29) is 29.8 Å². The summed E-state index contributed by atoms with van der Waals surface area (Å²) in [6.45, 7) is 4.22. The van der Waals surface area contributed by atoms with E-state index >= 15 is 0 Å². The molecule has 1 aromatic carbocycles. The largest absolute Gasteiger partial charge is 0.354 e. The molecule has 1 N–H and O–H groups in total. The summed E-state index contributed by atoms with van der Waals surface area (Å²) in [4.78, 5) is 6.28. The lowest BCUT2D eigenvalue weighted by Gasteiger charge is -2.22. The molecule has 0 saturated carbocycles. The van der Waals surface area contributed by atoms with Crippen molar-refractivity contribution in [3.63, 3.8) is 0 Å². The van der Waals surface area contributed by atoms with Gasteiger partial charge >= 0.3 is 0 Å². The Morgan fingerprint density at radius 3 is 2.67 bits per heavy atom. The van der Waals surface area contributed by atoms with E-state index in [1.165, 1.54) is 12.1 Å². The van der Waals surface area contributed by atoms with Crippen molar-refractivity contribution < 1.29 is 4.39 Å². The number of halogens is 2. The molecule has 132 valence electrons. The standard InChI is InChI=1S/C16H23FN6.HI/c1-4-15-21-20-12-23(15)10-9-19-16(18-2)22(3)11-13-5-7-14(17)8-6-13;/h5-8,12H,4,9-11H2,1-3H3,(H,18,19);1H. The van der Waals surface area contributed by atoms with Gasteiger partial charge < -0.3 is 14.8 Å². The summed E-state index contributed by atoms with van der Waals surface area (Å²) in [5, 5.41) is 11.3. The number of hydrogen-bond donors (Lipinski definition) is 1. The maximum Gasteiger partial charge on any atom is 0.193 e. The van der Waals surface area contributed by atoms with Crippen molar-refractivity contribution in [2.24, 2.45) is 4.99 Å². The second-order valence-corrected chi connectivity index (χ2v) is 5.25. The maximum atomic E-state index is 12.9. The molecule has 0 unspecified atom stereocenters. The number of aromatic nitrogens is 3. The lowest BCUT2D eigenvalue weighted by molar-refractivity contribution is 0.472. The van der Waals surface area contributed by atoms with Crippen molar-refractivity contribution in [1.82, 2.24) is 25.0 Å². The summed E-state index contributed by atoms with van der Waals surface area (Å²) in [5.41, 5.74) is 1.03. The molecular formula is C16H24FIN6. The van der Waals surface area contributed by atoms with Crippen molar-refractivity contribution in [2.45, 2.75) is 26.4 Å². The van der Waals surface area contributed by atoms with Gasteiger partial charge in [0.2, 0.25) is 0 Å². The Labute approximate surface area is 159 Å². The highest BCUT2D eigenvalue weighted by atomic mass is 127. The SMILES string of the molecule is CCc1nncn1CCNC(=NC)N(C)Cc1ccc(F)cc1.I. The van der Waals surface area contributed by atoms with Gasteiger partial charge in [-0.25, -0.2) is 4.39 Å². The van der Waals surface area contributed by atoms with Crippen molar-refractivity contribution in [3.8, 4) is 0 Å². The van der Waals surface area contributed by atoms with E-state index in [0.717, 1.165) is 36.9 Å². The van der Waals surface area contributed by atoms with Crippen molar-refractivity contribution in [3.05, 3.63) is 47.8 Å². The summed E-state index contributed by atoms with van der Waals surface area (Å²) in [6.07, 6.45) is 2.60. The summed E-state index contributed by atoms with van der Waals surface area (Å²) in [6, 6.07) is 6.50. The van der Waals surface area contributed by atoms with E-state index in [0.29, 0.717) is 6.54 Å². The van der Waals surface area contributed by atoms with Crippen LogP contribution in [0.4, 0.5) is 4.39 Å². The Morgan fingerprint density at radius 1 is 1.33 bits per heavy atom. The van der Waals surface area contributed by atoms with Gasteiger partial charge in [-0.2, -0.15) is 0 Å². The minimum atomic E-state index is -0.223. The highest BCUT2D eigenvalue weighted by Gasteiger charge is 2.07. The molecule has 1 heterocycles. The van der Waals surface area contributed by atoms with Crippen molar-refractivity contribution in [2.75, 3.05) is 20.6 Å². The normalized spacial score (nSPS) is 11.1. The second-order valence-electron chi connectivity index (χ2n) is 5.25. The first-order chi connectivity index (χ1) is 11.1. The topological polar surface area (TPSA) is 58.3 Å². The zero-order chi connectivity index (χ0) is 16.7. The number of nitrogens with zero attached hydrogens (tertiary/aromatic N) is 5. The molecule has 0 atom stereocenters. The van der Waals surface area contributed by atoms with Gasteiger partial charge in [0.05, 0.1) is 0 Å². The average Bonchev–Trinajstić information content (AvgIpc) is 3.01. The third-order valence-corrected chi connectivity index (χ3v) is 3.55. The first-order valence-corrected chi connectivity index (χ1v) is 7.67. The van der Waals surface area contributed by atoms with Crippen molar-refractivity contribution in [1.29, 1.82) is 0 Å². The third kappa shape index (κ3) is 5.73. The molecule has 0 fully saturated rings. The first kappa shape index (κ1) is 20.3. The van der Waals surface area contributed by atoms with Gasteiger partial charge in [0.25, 0.3) is 0 Å². The van der Waals surface area contributed by atoms with Gasteiger partial charge in [0.15, 0.2) is 5.96 Å². The molecule has 0 aliphatic heterocycles. The predicted molar refractivity (Wildman–Crippen MR) is 104 cm³/mol. The minimum Gasteiger partial charge on any atom is -0.354 e. The third-order valence-electron chi connectivity index (χ3n) is 3.55. The summed E-state index contributed by atoms with van der Waals surface area (Å²) in [5.74, 6) is 1.54. The molecule has 24 heavy (non-hydrogen) atoms. The molecule has 0 bridgehead atoms. The van der Waals surface area contributed by atoms with Gasteiger partial charge in [-0.3, -0.25) is 4.99 Å². The number of nitrogens with one attached hydrogen (secondary N) is 1. The summed E-state index contributed by atoms with van der Waals surface area (Å²) < 4.78 is 15.0. The van der Waals surface area contributed by atoms with E-state index in [9.17, 15) is 4.39 Å². The molecule has 0 spiro atoms. The maximum absolute atomic E-state index is 12.9. The Morgan fingerprint density at radius 2 is 2.04 bits per heavy atom. The van der Waals surface area contributed by atoms with E-state index in [1.54, 1.807) is 25.5 Å². The molecule has 0 radical (unpaired) electrons. The van der Waals surface area contributed by atoms with E-state index < -0.39 is 0 Å². The molecule has 0 aliphatic carbocycles. The van der Waals surface area contributed by atoms with Crippen LogP contribution in [-0.2, 0) is 19.5 Å². The van der Waals surface area contributed by atoms with E-state index in [1.807, 2.05) is 16.5 Å². The number of aliphatic imine (C=N–C) groups is 1. The molecular weight excluding hydrogens is 422 g/mol. The predicted octanol–water partition coefficient (Wildman–Crippen LogP) is 2.31. The van der Waals surface area contributed by atoms with Crippen LogP contribution in [0.2, 0.25) is 0 Å². The van der Waals surface area contributed by atoms with Gasteiger partial charge in [-0.1, -0.05) is 19.1 Å². The van der Waals surface area contributed by atoms with Crippen LogP contribution in [0.5, 0.6) is 0 Å². The molecule has 0 amide bonds. The van der Waals surface area contributed by atoms with Gasteiger partial charge in [-0.05, 0) is 17.7 Å². The Hall–Kier alpha value is -1.71. The molecule has 0 aliphatic rings. The van der Waals surface area contributed by atoms with Gasteiger partial charge in [0.1, 0.15) is 18.0 Å². The Kier molecular flexibility index (Phi) is 8.66. The molecule has 2 aromatic rings. The smallest absolute Gasteiger partial charge is 0.193 e. The fourth-order valence-corrected chi connectivity index (χ4v) is 2.35. The number of hydrogen-bond acceptors (Lipinski definition) is 3. The molecule has 8 heteroatoms. The number of rotatable bonds is 6. The van der Waals surface area contributed by atoms with E-state index in [2.05, 4.69) is 27.4 Å². The van der Waals surface area contributed by atoms with Crippen LogP contribution in [0.1, 0.15) is 18.3 Å². The number of benzene rings is 1. The van der Waals surface area contributed by atoms with Crippen LogP contribution >= 0.6 is 24.0 Å². The first-order valence-electron chi connectivity index (χ1n) is 7.67.